The van der Waals surface area contributed by atoms with Gasteiger partial charge < -0.3 is 0 Å². The zero-order valence-corrected chi connectivity index (χ0v) is 10.8. The molecule has 1 heterocycles. The molecule has 0 spiro atoms. The van der Waals surface area contributed by atoms with E-state index in [1.54, 1.807) is 0 Å². The molecule has 1 unspecified atom stereocenters. The number of rotatable bonds is 2. The number of halogens is 1. The maximum Gasteiger partial charge on any atom is 0.0273 e. The Morgan fingerprint density at radius 2 is 2.07 bits per heavy atom. The summed E-state index contributed by atoms with van der Waals surface area (Å²) in [4.78, 5) is 3.23. The Kier molecular flexibility index (Phi) is 3.81. The van der Waals surface area contributed by atoms with Crippen LogP contribution >= 0.6 is 15.9 Å². The van der Waals surface area contributed by atoms with Crippen LogP contribution in [0.2, 0.25) is 0 Å². The lowest BCUT2D eigenvalue weighted by molar-refractivity contribution is 0.228. The van der Waals surface area contributed by atoms with E-state index in [4.69, 9.17) is 0 Å². The van der Waals surface area contributed by atoms with Crippen LogP contribution in [0.3, 0.4) is 0 Å². The van der Waals surface area contributed by atoms with E-state index in [1.807, 2.05) is 0 Å². The first-order valence-corrected chi connectivity index (χ1v) is 6.57. The van der Waals surface area contributed by atoms with E-state index in [0.29, 0.717) is 4.83 Å². The van der Waals surface area contributed by atoms with Crippen LogP contribution in [0.25, 0.3) is 0 Å². The quantitative estimate of drug-likeness (QED) is 0.743. The van der Waals surface area contributed by atoms with Crippen LogP contribution < -0.4 is 0 Å². The van der Waals surface area contributed by atoms with Crippen molar-refractivity contribution in [3.05, 3.63) is 35.4 Å². The summed E-state index contributed by atoms with van der Waals surface area (Å²) in [6.07, 6.45) is 2.65. The lowest BCUT2D eigenvalue weighted by atomic mass is 10.1. The molecule has 15 heavy (non-hydrogen) atoms. The van der Waals surface area contributed by atoms with Gasteiger partial charge in [0.2, 0.25) is 0 Å². The summed E-state index contributed by atoms with van der Waals surface area (Å²) in [7, 11) is 0. The summed E-state index contributed by atoms with van der Waals surface area (Å²) in [5.41, 5.74) is 2.78. The molecule has 0 saturated carbocycles. The number of alkyl halides is 1. The first kappa shape index (κ1) is 11.2. The van der Waals surface area contributed by atoms with Crippen molar-refractivity contribution in [1.29, 1.82) is 0 Å². The molecule has 0 N–H and O–H groups in total. The van der Waals surface area contributed by atoms with Crippen LogP contribution in [0.15, 0.2) is 24.3 Å². The summed E-state index contributed by atoms with van der Waals surface area (Å²) in [6.45, 7) is 5.67. The number of likely N-dealkylation sites (tertiary alicyclic amines) is 1. The minimum atomic E-state index is 0.691. The molecule has 82 valence electrons. The Balaban J connectivity index is 1.93. The van der Waals surface area contributed by atoms with Crippen molar-refractivity contribution in [2.75, 3.05) is 13.1 Å². The molecule has 1 aromatic carbocycles. The molecule has 0 amide bonds. The van der Waals surface area contributed by atoms with Gasteiger partial charge in [0.15, 0.2) is 0 Å². The zero-order chi connectivity index (χ0) is 10.7. The monoisotopic (exact) mass is 267 g/mol. The van der Waals surface area contributed by atoms with Gasteiger partial charge in [0.1, 0.15) is 0 Å². The highest BCUT2D eigenvalue weighted by molar-refractivity contribution is 9.09. The molecule has 0 bridgehead atoms. The Morgan fingerprint density at radius 1 is 1.33 bits per heavy atom. The van der Waals surface area contributed by atoms with E-state index in [2.05, 4.69) is 52.0 Å². The molecule has 2 heteroatoms. The van der Waals surface area contributed by atoms with Gasteiger partial charge in [-0.3, -0.25) is 4.90 Å². The Hall–Kier alpha value is -0.340. The molecule has 1 aliphatic rings. The summed E-state index contributed by atoms with van der Waals surface area (Å²) < 4.78 is 0. The highest BCUT2D eigenvalue weighted by Crippen LogP contribution is 2.18. The number of aryl methyl sites for hydroxylation is 1. The van der Waals surface area contributed by atoms with Crippen molar-refractivity contribution in [2.45, 2.75) is 31.1 Å². The molecule has 0 radical (unpaired) electrons. The largest absolute Gasteiger partial charge is 0.298 e. The summed E-state index contributed by atoms with van der Waals surface area (Å²) in [6, 6.07) is 8.89. The van der Waals surface area contributed by atoms with Gasteiger partial charge in [0.25, 0.3) is 0 Å². The van der Waals surface area contributed by atoms with Crippen molar-refractivity contribution in [1.82, 2.24) is 4.90 Å². The normalized spacial score (nSPS) is 22.9. The van der Waals surface area contributed by atoms with Gasteiger partial charge >= 0.3 is 0 Å². The molecular formula is C13H18BrN. The van der Waals surface area contributed by atoms with Crippen LogP contribution in [0.1, 0.15) is 24.0 Å². The fourth-order valence-electron chi connectivity index (χ4n) is 2.09. The van der Waals surface area contributed by atoms with Crippen molar-refractivity contribution in [2.24, 2.45) is 0 Å². The molecule has 0 aliphatic carbocycles. The average Bonchev–Trinajstić information content (AvgIpc) is 2.22. The second-order valence-corrected chi connectivity index (χ2v) is 5.76. The van der Waals surface area contributed by atoms with Gasteiger partial charge in [0, 0.05) is 17.9 Å². The van der Waals surface area contributed by atoms with E-state index in [1.165, 1.54) is 37.1 Å². The molecule has 1 nitrogen and oxygen atoms in total. The molecule has 1 fully saturated rings. The second kappa shape index (κ2) is 5.13. The van der Waals surface area contributed by atoms with E-state index in [0.717, 1.165) is 6.54 Å². The minimum absolute atomic E-state index is 0.691. The van der Waals surface area contributed by atoms with E-state index in [9.17, 15) is 0 Å². The third-order valence-corrected chi connectivity index (χ3v) is 3.72. The van der Waals surface area contributed by atoms with Crippen LogP contribution in [0, 0.1) is 6.92 Å². The van der Waals surface area contributed by atoms with Gasteiger partial charge in [-0.15, -0.1) is 0 Å². The first-order valence-electron chi connectivity index (χ1n) is 5.66. The van der Waals surface area contributed by atoms with Gasteiger partial charge in [-0.05, 0) is 31.9 Å². The summed E-state index contributed by atoms with van der Waals surface area (Å²) >= 11 is 3.71. The predicted molar refractivity (Wildman–Crippen MR) is 68.4 cm³/mol. The summed E-state index contributed by atoms with van der Waals surface area (Å²) in [5.74, 6) is 0. The fourth-order valence-corrected chi connectivity index (χ4v) is 2.83. The smallest absolute Gasteiger partial charge is 0.0273 e. The predicted octanol–water partition coefficient (Wildman–Crippen LogP) is 3.35. The first-order chi connectivity index (χ1) is 7.24. The second-order valence-electron chi connectivity index (χ2n) is 4.46. The molecule has 2 rings (SSSR count). The molecule has 1 aliphatic heterocycles. The molecule has 1 aromatic rings. The third kappa shape index (κ3) is 3.32. The number of benzene rings is 1. The van der Waals surface area contributed by atoms with Gasteiger partial charge in [-0.25, -0.2) is 0 Å². The lowest BCUT2D eigenvalue weighted by Gasteiger charge is -2.29. The molecule has 1 atom stereocenters. The highest BCUT2D eigenvalue weighted by atomic mass is 79.9. The third-order valence-electron chi connectivity index (χ3n) is 2.97. The van der Waals surface area contributed by atoms with Crippen molar-refractivity contribution in [3.8, 4) is 0 Å². The number of nitrogens with zero attached hydrogens (tertiary/aromatic N) is 1. The molecule has 0 aromatic heterocycles. The topological polar surface area (TPSA) is 3.24 Å². The number of hydrogen-bond donors (Lipinski definition) is 0. The molecule has 1 saturated heterocycles. The van der Waals surface area contributed by atoms with Gasteiger partial charge in [-0.1, -0.05) is 45.8 Å². The average molecular weight is 268 g/mol. The summed E-state index contributed by atoms with van der Waals surface area (Å²) in [5, 5.41) is 0. The van der Waals surface area contributed by atoms with E-state index in [-0.39, 0.29) is 0 Å². The van der Waals surface area contributed by atoms with Crippen LogP contribution in [-0.2, 0) is 6.54 Å². The standard InChI is InChI=1S/C13H18BrN/c1-11-4-6-12(7-5-11)9-15-8-2-3-13(14)10-15/h4-7,13H,2-3,8-10H2,1H3. The Labute approximate surface area is 101 Å². The minimum Gasteiger partial charge on any atom is -0.298 e. The van der Waals surface area contributed by atoms with Gasteiger partial charge in [-0.2, -0.15) is 0 Å². The van der Waals surface area contributed by atoms with Crippen molar-refractivity contribution < 1.29 is 0 Å². The fraction of sp³-hybridized carbons (Fsp3) is 0.538. The Morgan fingerprint density at radius 3 is 2.73 bits per heavy atom. The Bertz CT molecular complexity index is 307. The van der Waals surface area contributed by atoms with E-state index < -0.39 is 0 Å². The van der Waals surface area contributed by atoms with Crippen molar-refractivity contribution in [3.63, 3.8) is 0 Å². The number of hydrogen-bond acceptors (Lipinski definition) is 1. The van der Waals surface area contributed by atoms with Crippen LogP contribution in [-0.4, -0.2) is 22.8 Å². The van der Waals surface area contributed by atoms with E-state index >= 15 is 0 Å². The maximum absolute atomic E-state index is 3.71. The van der Waals surface area contributed by atoms with Crippen LogP contribution in [0.5, 0.6) is 0 Å². The SMILES string of the molecule is Cc1ccc(CN2CCCC(Br)C2)cc1. The molecular weight excluding hydrogens is 250 g/mol. The highest BCUT2D eigenvalue weighted by Gasteiger charge is 2.16. The van der Waals surface area contributed by atoms with Gasteiger partial charge in [0.05, 0.1) is 0 Å². The zero-order valence-electron chi connectivity index (χ0n) is 9.25. The maximum atomic E-state index is 3.71. The van der Waals surface area contributed by atoms with Crippen LogP contribution in [0.4, 0.5) is 0 Å². The lowest BCUT2D eigenvalue weighted by Crippen LogP contribution is -2.35. The van der Waals surface area contributed by atoms with Crippen molar-refractivity contribution >= 4 is 15.9 Å². The number of piperidine rings is 1.